The lowest BCUT2D eigenvalue weighted by atomic mass is 9.75. The number of aromatic nitrogens is 1. The van der Waals surface area contributed by atoms with Crippen LogP contribution in [0, 0.1) is 0 Å². The predicted molar refractivity (Wildman–Crippen MR) is 133 cm³/mol. The Bertz CT molecular complexity index is 1070. The Morgan fingerprint density at radius 1 is 1.06 bits per heavy atom. The van der Waals surface area contributed by atoms with Gasteiger partial charge in [0.15, 0.2) is 0 Å². The van der Waals surface area contributed by atoms with Crippen LogP contribution in [0.5, 0.6) is 5.75 Å². The van der Waals surface area contributed by atoms with E-state index >= 15 is 0 Å². The zero-order valence-corrected chi connectivity index (χ0v) is 21.0. The molecule has 2 aliphatic heterocycles. The van der Waals surface area contributed by atoms with Crippen molar-refractivity contribution in [3.63, 3.8) is 0 Å². The van der Waals surface area contributed by atoms with E-state index in [0.717, 1.165) is 25.2 Å². The fourth-order valence-corrected chi connectivity index (χ4v) is 5.15. The van der Waals surface area contributed by atoms with E-state index in [1.165, 1.54) is 12.0 Å². The molecule has 36 heavy (non-hydrogen) atoms. The minimum Gasteiger partial charge on any atom is -0.496 e. The Morgan fingerprint density at radius 3 is 2.53 bits per heavy atom. The highest BCUT2D eigenvalue weighted by Gasteiger charge is 2.55. The lowest BCUT2D eigenvalue weighted by Crippen LogP contribution is -2.50. The molecule has 3 heterocycles. The van der Waals surface area contributed by atoms with Crippen molar-refractivity contribution in [3.05, 3.63) is 59.9 Å². The van der Waals surface area contributed by atoms with E-state index in [4.69, 9.17) is 9.47 Å². The van der Waals surface area contributed by atoms with Gasteiger partial charge in [-0.2, -0.15) is 0 Å². The molecule has 192 valence electrons. The quantitative estimate of drug-likeness (QED) is 0.368. The van der Waals surface area contributed by atoms with Gasteiger partial charge in [0, 0.05) is 83.8 Å². The van der Waals surface area contributed by atoms with Gasteiger partial charge in [-0.3, -0.25) is 29.2 Å². The molecule has 1 aromatic carbocycles. The predicted octanol–water partition coefficient (Wildman–Crippen LogP) is 1.86. The zero-order chi connectivity index (χ0) is 25.5. The van der Waals surface area contributed by atoms with Crippen LogP contribution in [0.15, 0.2) is 48.8 Å². The molecule has 4 rings (SSSR count). The first-order chi connectivity index (χ1) is 17.5. The van der Waals surface area contributed by atoms with Crippen LogP contribution in [-0.2, 0) is 31.1 Å². The van der Waals surface area contributed by atoms with Crippen molar-refractivity contribution in [2.24, 2.45) is 0 Å². The maximum Gasteiger partial charge on any atom is 0.241 e. The third-order valence-electron chi connectivity index (χ3n) is 7.07. The number of hydrogen-bond acceptors (Lipinski definition) is 7. The number of para-hydroxylation sites is 1. The van der Waals surface area contributed by atoms with Crippen molar-refractivity contribution in [2.45, 2.75) is 31.2 Å². The first-order valence-corrected chi connectivity index (χ1v) is 12.3. The number of ether oxygens (including phenoxy) is 2. The van der Waals surface area contributed by atoms with Gasteiger partial charge < -0.3 is 14.4 Å². The third-order valence-corrected chi connectivity index (χ3v) is 7.07. The van der Waals surface area contributed by atoms with Crippen molar-refractivity contribution >= 4 is 17.7 Å². The number of imide groups is 1. The highest BCUT2D eigenvalue weighted by atomic mass is 16.5. The van der Waals surface area contributed by atoms with Gasteiger partial charge in [-0.1, -0.05) is 24.3 Å². The number of hydrogen-bond donors (Lipinski definition) is 0. The molecule has 2 aliphatic rings. The van der Waals surface area contributed by atoms with Crippen molar-refractivity contribution in [1.82, 2.24) is 19.7 Å². The van der Waals surface area contributed by atoms with Crippen LogP contribution in [0.1, 0.15) is 30.4 Å². The minimum absolute atomic E-state index is 0.0497. The van der Waals surface area contributed by atoms with Crippen LogP contribution >= 0.6 is 0 Å². The Labute approximate surface area is 212 Å². The number of carbonyl (C=O) groups is 3. The van der Waals surface area contributed by atoms with E-state index in [-0.39, 0.29) is 37.1 Å². The summed E-state index contributed by atoms with van der Waals surface area (Å²) in [7, 11) is 3.12. The second kappa shape index (κ2) is 11.6. The number of amides is 3. The van der Waals surface area contributed by atoms with E-state index in [1.54, 1.807) is 25.4 Å². The monoisotopic (exact) mass is 494 g/mol. The van der Waals surface area contributed by atoms with Gasteiger partial charge in [0.2, 0.25) is 17.7 Å². The first-order valence-electron chi connectivity index (χ1n) is 12.3. The number of methoxy groups -OCH3 is 2. The van der Waals surface area contributed by atoms with Crippen LogP contribution in [0.2, 0.25) is 0 Å². The maximum absolute atomic E-state index is 13.8. The number of rotatable bonds is 10. The Hall–Kier alpha value is -3.30. The molecule has 0 saturated carbocycles. The summed E-state index contributed by atoms with van der Waals surface area (Å²) in [6, 6.07) is 11.2. The van der Waals surface area contributed by atoms with Crippen molar-refractivity contribution in [3.8, 4) is 5.75 Å². The second-order valence-corrected chi connectivity index (χ2v) is 9.35. The second-order valence-electron chi connectivity index (χ2n) is 9.35. The van der Waals surface area contributed by atoms with E-state index < -0.39 is 5.41 Å². The number of piperazine rings is 1. The molecule has 9 heteroatoms. The van der Waals surface area contributed by atoms with Gasteiger partial charge >= 0.3 is 0 Å². The topological polar surface area (TPSA) is 92.3 Å². The third kappa shape index (κ3) is 5.42. The molecule has 0 radical (unpaired) electrons. The summed E-state index contributed by atoms with van der Waals surface area (Å²) >= 11 is 0. The Balaban J connectivity index is 1.51. The maximum atomic E-state index is 13.8. The average molecular weight is 495 g/mol. The smallest absolute Gasteiger partial charge is 0.241 e. The summed E-state index contributed by atoms with van der Waals surface area (Å²) in [4.78, 5) is 50.0. The van der Waals surface area contributed by atoms with Crippen LogP contribution in [0.4, 0.5) is 0 Å². The minimum atomic E-state index is -1.28. The van der Waals surface area contributed by atoms with Gasteiger partial charge in [0.05, 0.1) is 12.5 Å². The van der Waals surface area contributed by atoms with Crippen LogP contribution in [0.3, 0.4) is 0 Å². The molecular weight excluding hydrogens is 460 g/mol. The lowest BCUT2D eigenvalue weighted by Gasteiger charge is -2.37. The molecule has 2 aromatic rings. The summed E-state index contributed by atoms with van der Waals surface area (Å²) in [6.07, 6.45) is 4.04. The van der Waals surface area contributed by atoms with E-state index in [0.29, 0.717) is 37.4 Å². The standard InChI is InChI=1S/C27H34N4O5/c1-35-16-6-11-31-25(33)18-27(26(31)34,22-8-3-4-9-23(22)36-2)17-24(32)30-14-12-29(13-15-30)20-21-7-5-10-28-19-21/h3-5,7-10,19H,6,11-18,20H2,1-2H3/t27-/m1/s1. The summed E-state index contributed by atoms with van der Waals surface area (Å²) in [5.74, 6) is -0.221. The highest BCUT2D eigenvalue weighted by molar-refractivity contribution is 6.11. The molecule has 1 atom stereocenters. The van der Waals surface area contributed by atoms with Crippen molar-refractivity contribution in [2.75, 3.05) is 53.6 Å². The summed E-state index contributed by atoms with van der Waals surface area (Å²) in [5.41, 5.74) is 0.445. The normalized spacial score (nSPS) is 20.7. The molecular formula is C27H34N4O5. The molecule has 0 aliphatic carbocycles. The van der Waals surface area contributed by atoms with E-state index in [9.17, 15) is 14.4 Å². The number of pyridine rings is 1. The first kappa shape index (κ1) is 25.8. The number of benzene rings is 1. The van der Waals surface area contributed by atoms with Gasteiger partial charge in [-0.15, -0.1) is 0 Å². The summed E-state index contributed by atoms with van der Waals surface area (Å²) in [5, 5.41) is 0. The number of likely N-dealkylation sites (tertiary alicyclic amines) is 1. The van der Waals surface area contributed by atoms with Crippen LogP contribution in [-0.4, -0.2) is 91.0 Å². The van der Waals surface area contributed by atoms with Crippen LogP contribution < -0.4 is 4.74 Å². The molecule has 2 saturated heterocycles. The molecule has 9 nitrogen and oxygen atoms in total. The summed E-state index contributed by atoms with van der Waals surface area (Å²) < 4.78 is 10.7. The van der Waals surface area contributed by atoms with E-state index in [1.807, 2.05) is 35.4 Å². The molecule has 1 aromatic heterocycles. The molecule has 0 spiro atoms. The van der Waals surface area contributed by atoms with Gasteiger partial charge in [-0.25, -0.2) is 0 Å². The van der Waals surface area contributed by atoms with Crippen LogP contribution in [0.25, 0.3) is 0 Å². The molecule has 0 unspecified atom stereocenters. The molecule has 0 N–H and O–H groups in total. The average Bonchev–Trinajstić information content (AvgIpc) is 3.14. The van der Waals surface area contributed by atoms with Gasteiger partial charge in [0.25, 0.3) is 0 Å². The number of nitrogens with zero attached hydrogens (tertiary/aromatic N) is 4. The van der Waals surface area contributed by atoms with Crippen molar-refractivity contribution in [1.29, 1.82) is 0 Å². The van der Waals surface area contributed by atoms with Crippen molar-refractivity contribution < 1.29 is 23.9 Å². The fraction of sp³-hybridized carbons (Fsp3) is 0.481. The summed E-state index contributed by atoms with van der Waals surface area (Å²) in [6.45, 7) is 4.10. The molecule has 0 bridgehead atoms. The SMILES string of the molecule is COCCCN1C(=O)C[C@](CC(=O)N2CCN(Cc3cccnc3)CC2)(c2ccccc2OC)C1=O. The highest BCUT2D eigenvalue weighted by Crippen LogP contribution is 2.44. The fourth-order valence-electron chi connectivity index (χ4n) is 5.15. The Morgan fingerprint density at radius 2 is 1.83 bits per heavy atom. The van der Waals surface area contributed by atoms with E-state index in [2.05, 4.69) is 9.88 Å². The Kier molecular flexibility index (Phi) is 8.32. The van der Waals surface area contributed by atoms with Gasteiger partial charge in [-0.05, 0) is 24.1 Å². The van der Waals surface area contributed by atoms with Gasteiger partial charge in [0.1, 0.15) is 5.75 Å². The molecule has 2 fully saturated rings. The molecule has 3 amide bonds. The largest absolute Gasteiger partial charge is 0.496 e. The number of carbonyl (C=O) groups excluding carboxylic acids is 3. The zero-order valence-electron chi connectivity index (χ0n) is 21.0. The lowest BCUT2D eigenvalue weighted by molar-refractivity contribution is -0.143.